The van der Waals surface area contributed by atoms with Crippen LogP contribution in [0, 0.1) is 11.7 Å². The first-order valence-corrected chi connectivity index (χ1v) is 11.0. The predicted octanol–water partition coefficient (Wildman–Crippen LogP) is 8.26. The SMILES string of the molecule is CC(C)Cc1cccc2c(-c3cc(C(C)C)cc4c3oc3ccccc34)ncc(F)c12. The Morgan fingerprint density at radius 2 is 1.68 bits per heavy atom. The van der Waals surface area contributed by atoms with Crippen LogP contribution >= 0.6 is 0 Å². The van der Waals surface area contributed by atoms with Crippen LogP contribution in [-0.2, 0) is 6.42 Å². The lowest BCUT2D eigenvalue weighted by Crippen LogP contribution is -1.99. The molecule has 2 heterocycles. The van der Waals surface area contributed by atoms with E-state index in [1.807, 2.05) is 36.4 Å². The van der Waals surface area contributed by atoms with Gasteiger partial charge in [-0.3, -0.25) is 4.98 Å². The van der Waals surface area contributed by atoms with Crippen molar-refractivity contribution in [3.8, 4) is 11.3 Å². The first kappa shape index (κ1) is 19.7. The fourth-order valence-electron chi connectivity index (χ4n) is 4.52. The molecule has 3 aromatic carbocycles. The topological polar surface area (TPSA) is 26.0 Å². The number of nitrogens with zero attached hydrogens (tertiary/aromatic N) is 1. The summed E-state index contributed by atoms with van der Waals surface area (Å²) in [6.07, 6.45) is 2.18. The Morgan fingerprint density at radius 1 is 0.903 bits per heavy atom. The van der Waals surface area contributed by atoms with E-state index in [1.165, 1.54) is 11.8 Å². The number of fused-ring (bicyclic) bond motifs is 4. The Labute approximate surface area is 181 Å². The number of halogens is 1. The maximum absolute atomic E-state index is 15.0. The highest BCUT2D eigenvalue weighted by atomic mass is 19.1. The first-order valence-electron chi connectivity index (χ1n) is 11.0. The summed E-state index contributed by atoms with van der Waals surface area (Å²) in [5.41, 5.74) is 5.59. The Balaban J connectivity index is 1.88. The summed E-state index contributed by atoms with van der Waals surface area (Å²) in [6, 6.07) is 18.5. The van der Waals surface area contributed by atoms with Gasteiger partial charge in [0.25, 0.3) is 0 Å². The van der Waals surface area contributed by atoms with Crippen LogP contribution in [0.5, 0.6) is 0 Å². The standard InChI is InChI=1S/C28H26FNO/c1-16(2)12-18-8-7-10-21-26(18)24(29)15-30-27(21)23-14-19(17(3)4)13-22-20-9-5-6-11-25(20)31-28(22)23/h5-11,13-17H,12H2,1-4H3. The first-order chi connectivity index (χ1) is 14.9. The summed E-state index contributed by atoms with van der Waals surface area (Å²) in [7, 11) is 0. The van der Waals surface area contributed by atoms with E-state index in [0.29, 0.717) is 17.2 Å². The molecule has 156 valence electrons. The van der Waals surface area contributed by atoms with Crippen molar-refractivity contribution in [2.75, 3.05) is 0 Å². The van der Waals surface area contributed by atoms with Crippen molar-refractivity contribution in [2.24, 2.45) is 5.92 Å². The number of hydrogen-bond donors (Lipinski definition) is 0. The molecule has 0 aliphatic carbocycles. The third-order valence-electron chi connectivity index (χ3n) is 6.00. The van der Waals surface area contributed by atoms with Crippen molar-refractivity contribution >= 4 is 32.7 Å². The van der Waals surface area contributed by atoms with Gasteiger partial charge in [0, 0.05) is 27.1 Å². The molecule has 0 saturated carbocycles. The van der Waals surface area contributed by atoms with Crippen LogP contribution in [0.4, 0.5) is 4.39 Å². The summed E-state index contributed by atoms with van der Waals surface area (Å²) in [5, 5.41) is 3.67. The van der Waals surface area contributed by atoms with Gasteiger partial charge in [-0.15, -0.1) is 0 Å². The summed E-state index contributed by atoms with van der Waals surface area (Å²) in [4.78, 5) is 4.58. The van der Waals surface area contributed by atoms with Gasteiger partial charge in [-0.2, -0.15) is 0 Å². The van der Waals surface area contributed by atoms with Gasteiger partial charge >= 0.3 is 0 Å². The summed E-state index contributed by atoms with van der Waals surface area (Å²) >= 11 is 0. The Morgan fingerprint density at radius 3 is 2.45 bits per heavy atom. The van der Waals surface area contributed by atoms with E-state index in [2.05, 4.69) is 50.9 Å². The molecule has 0 N–H and O–H groups in total. The number of para-hydroxylation sites is 1. The lowest BCUT2D eigenvalue weighted by molar-refractivity contribution is 0.624. The molecule has 0 unspecified atom stereocenters. The lowest BCUT2D eigenvalue weighted by Gasteiger charge is -2.14. The fraction of sp³-hybridized carbons (Fsp3) is 0.250. The summed E-state index contributed by atoms with van der Waals surface area (Å²) < 4.78 is 21.3. The van der Waals surface area contributed by atoms with Gasteiger partial charge in [0.05, 0.1) is 11.9 Å². The number of furan rings is 1. The molecule has 0 amide bonds. The second-order valence-corrected chi connectivity index (χ2v) is 9.09. The molecule has 0 saturated heterocycles. The molecule has 0 bridgehead atoms. The van der Waals surface area contributed by atoms with Crippen LogP contribution < -0.4 is 0 Å². The van der Waals surface area contributed by atoms with Crippen LogP contribution in [-0.4, -0.2) is 4.98 Å². The number of hydrogen-bond acceptors (Lipinski definition) is 2. The van der Waals surface area contributed by atoms with Gasteiger partial charge < -0.3 is 4.42 Å². The highest BCUT2D eigenvalue weighted by molar-refractivity contribution is 6.12. The molecule has 0 aliphatic heterocycles. The van der Waals surface area contributed by atoms with Crippen LogP contribution in [0.3, 0.4) is 0 Å². The van der Waals surface area contributed by atoms with E-state index in [9.17, 15) is 4.39 Å². The molecule has 5 aromatic rings. The minimum atomic E-state index is -0.268. The molecule has 5 rings (SSSR count). The van der Waals surface area contributed by atoms with Crippen molar-refractivity contribution in [3.63, 3.8) is 0 Å². The summed E-state index contributed by atoms with van der Waals surface area (Å²) in [6.45, 7) is 8.68. The molecule has 0 radical (unpaired) electrons. The van der Waals surface area contributed by atoms with Crippen LogP contribution in [0.15, 0.2) is 65.2 Å². The van der Waals surface area contributed by atoms with Crippen molar-refractivity contribution < 1.29 is 8.81 Å². The highest BCUT2D eigenvalue weighted by Gasteiger charge is 2.20. The molecule has 3 heteroatoms. The number of aromatic nitrogens is 1. The molecule has 0 aliphatic rings. The van der Waals surface area contributed by atoms with E-state index in [1.54, 1.807) is 0 Å². The van der Waals surface area contributed by atoms with Crippen LogP contribution in [0.1, 0.15) is 44.7 Å². The molecule has 0 fully saturated rings. The van der Waals surface area contributed by atoms with Gasteiger partial charge in [-0.05, 0) is 47.6 Å². The second-order valence-electron chi connectivity index (χ2n) is 9.09. The average Bonchev–Trinajstić information content (AvgIpc) is 3.12. The Kier molecular flexibility index (Phi) is 4.77. The van der Waals surface area contributed by atoms with Gasteiger partial charge in [0.1, 0.15) is 17.0 Å². The average molecular weight is 412 g/mol. The van der Waals surface area contributed by atoms with Crippen molar-refractivity contribution in [3.05, 3.63) is 77.7 Å². The van der Waals surface area contributed by atoms with Crippen molar-refractivity contribution in [1.29, 1.82) is 0 Å². The van der Waals surface area contributed by atoms with Gasteiger partial charge in [-0.1, -0.05) is 64.1 Å². The monoisotopic (exact) mass is 411 g/mol. The largest absolute Gasteiger partial charge is 0.455 e. The van der Waals surface area contributed by atoms with Crippen molar-refractivity contribution in [2.45, 2.75) is 40.0 Å². The smallest absolute Gasteiger partial charge is 0.149 e. The lowest BCUT2D eigenvalue weighted by atomic mass is 9.92. The normalized spacial score (nSPS) is 12.1. The molecule has 2 nitrogen and oxygen atoms in total. The number of rotatable bonds is 4. The Hall–Kier alpha value is -3.20. The third-order valence-corrected chi connectivity index (χ3v) is 6.00. The molecule has 0 atom stereocenters. The minimum absolute atomic E-state index is 0.268. The molecule has 2 aromatic heterocycles. The van der Waals surface area contributed by atoms with E-state index in [-0.39, 0.29) is 5.82 Å². The van der Waals surface area contributed by atoms with Gasteiger partial charge in [-0.25, -0.2) is 4.39 Å². The van der Waals surface area contributed by atoms with E-state index in [4.69, 9.17) is 4.42 Å². The number of pyridine rings is 1. The van der Waals surface area contributed by atoms with E-state index in [0.717, 1.165) is 50.6 Å². The zero-order valence-electron chi connectivity index (χ0n) is 18.4. The van der Waals surface area contributed by atoms with Crippen molar-refractivity contribution in [1.82, 2.24) is 4.98 Å². The summed E-state index contributed by atoms with van der Waals surface area (Å²) in [5.74, 6) is 0.517. The second kappa shape index (κ2) is 7.49. The molecular weight excluding hydrogens is 385 g/mol. The number of benzene rings is 3. The van der Waals surface area contributed by atoms with E-state index < -0.39 is 0 Å². The van der Waals surface area contributed by atoms with E-state index >= 15 is 0 Å². The van der Waals surface area contributed by atoms with Crippen LogP contribution in [0.2, 0.25) is 0 Å². The minimum Gasteiger partial charge on any atom is -0.455 e. The van der Waals surface area contributed by atoms with Gasteiger partial charge in [0.15, 0.2) is 0 Å². The fourth-order valence-corrected chi connectivity index (χ4v) is 4.52. The quantitative estimate of drug-likeness (QED) is 0.297. The third kappa shape index (κ3) is 3.29. The molecule has 31 heavy (non-hydrogen) atoms. The zero-order valence-corrected chi connectivity index (χ0v) is 18.4. The maximum Gasteiger partial charge on any atom is 0.149 e. The maximum atomic E-state index is 15.0. The molecular formula is C28H26FNO. The zero-order chi connectivity index (χ0) is 21.7. The highest BCUT2D eigenvalue weighted by Crippen LogP contribution is 2.40. The predicted molar refractivity (Wildman–Crippen MR) is 127 cm³/mol. The van der Waals surface area contributed by atoms with Crippen LogP contribution in [0.25, 0.3) is 44.0 Å². The Bertz CT molecular complexity index is 1430. The molecule has 0 spiro atoms. The van der Waals surface area contributed by atoms with Gasteiger partial charge in [0.2, 0.25) is 0 Å².